The summed E-state index contributed by atoms with van der Waals surface area (Å²) in [6.07, 6.45) is 2.02. The van der Waals surface area contributed by atoms with Crippen molar-refractivity contribution in [2.75, 3.05) is 0 Å². The average Bonchev–Trinajstić information content (AvgIpc) is 2.45. The number of thiocarbonyl (C=S) groups is 1. The maximum Gasteiger partial charge on any atom is 0.242 e. The first kappa shape index (κ1) is 15.5. The van der Waals surface area contributed by atoms with Crippen molar-refractivity contribution in [3.63, 3.8) is 0 Å². The van der Waals surface area contributed by atoms with Crippen LogP contribution in [-0.4, -0.2) is 18.4 Å². The summed E-state index contributed by atoms with van der Waals surface area (Å²) in [4.78, 5) is 3.52. The van der Waals surface area contributed by atoms with Crippen LogP contribution in [-0.2, 0) is 16.6 Å². The van der Waals surface area contributed by atoms with Gasteiger partial charge in [0.05, 0.1) is 6.20 Å². The predicted octanol–water partition coefficient (Wildman–Crippen LogP) is 1.33. The molecule has 2 rings (SSSR count). The summed E-state index contributed by atoms with van der Waals surface area (Å²) in [5.41, 5.74) is 6.85. The maximum absolute atomic E-state index is 13.0. The molecule has 0 aliphatic carbocycles. The topological polar surface area (TPSA) is 85.1 Å². The minimum absolute atomic E-state index is 0.0370. The van der Waals surface area contributed by atoms with Gasteiger partial charge >= 0.3 is 0 Å². The van der Waals surface area contributed by atoms with Crippen LogP contribution in [0.15, 0.2) is 47.6 Å². The highest BCUT2D eigenvalue weighted by molar-refractivity contribution is 7.89. The second-order valence-electron chi connectivity index (χ2n) is 4.23. The Hall–Kier alpha value is -1.90. The van der Waals surface area contributed by atoms with Gasteiger partial charge in [0.15, 0.2) is 0 Å². The normalized spacial score (nSPS) is 11.3. The lowest BCUT2D eigenvalue weighted by molar-refractivity contribution is 0.575. The van der Waals surface area contributed by atoms with E-state index in [-0.39, 0.29) is 16.4 Å². The lowest BCUT2D eigenvalue weighted by atomic mass is 10.1. The molecule has 1 heterocycles. The quantitative estimate of drug-likeness (QED) is 0.810. The fraction of sp³-hybridized carbons (Fsp3) is 0.0769. The zero-order chi connectivity index (χ0) is 15.5. The first-order chi connectivity index (χ1) is 9.88. The van der Waals surface area contributed by atoms with Gasteiger partial charge in [0.2, 0.25) is 10.0 Å². The Labute approximate surface area is 127 Å². The van der Waals surface area contributed by atoms with Gasteiger partial charge in [-0.1, -0.05) is 30.4 Å². The summed E-state index contributed by atoms with van der Waals surface area (Å²) < 4.78 is 39.4. The SMILES string of the molecule is NC(=S)c1cccc(CNS(=O)(=O)c2cncc(F)c2)c1. The predicted molar refractivity (Wildman–Crippen MR) is 80.5 cm³/mol. The molecule has 0 atom stereocenters. The molecule has 0 bridgehead atoms. The van der Waals surface area contributed by atoms with E-state index in [4.69, 9.17) is 18.0 Å². The van der Waals surface area contributed by atoms with Crippen molar-refractivity contribution in [1.82, 2.24) is 9.71 Å². The molecule has 21 heavy (non-hydrogen) atoms. The second-order valence-corrected chi connectivity index (χ2v) is 6.43. The third-order valence-corrected chi connectivity index (χ3v) is 4.27. The van der Waals surface area contributed by atoms with E-state index in [9.17, 15) is 12.8 Å². The standard InChI is InChI=1S/C13H12FN3O2S2/c14-11-5-12(8-16-7-11)21(18,19)17-6-9-2-1-3-10(4-9)13(15)20/h1-5,7-8,17H,6H2,(H2,15,20). The Bertz CT molecular complexity index is 778. The van der Waals surface area contributed by atoms with E-state index in [1.165, 1.54) is 0 Å². The molecule has 0 fully saturated rings. The van der Waals surface area contributed by atoms with Crippen molar-refractivity contribution in [1.29, 1.82) is 0 Å². The lowest BCUT2D eigenvalue weighted by Gasteiger charge is -2.07. The van der Waals surface area contributed by atoms with Crippen LogP contribution in [0.2, 0.25) is 0 Å². The molecule has 5 nitrogen and oxygen atoms in total. The zero-order valence-electron chi connectivity index (χ0n) is 10.8. The Kier molecular flexibility index (Phi) is 4.61. The van der Waals surface area contributed by atoms with Crippen molar-refractivity contribution >= 4 is 27.2 Å². The molecule has 0 radical (unpaired) electrons. The molecule has 0 saturated heterocycles. The molecule has 0 spiro atoms. The van der Waals surface area contributed by atoms with Gasteiger partial charge in [0.25, 0.3) is 0 Å². The second kappa shape index (κ2) is 6.25. The van der Waals surface area contributed by atoms with Crippen LogP contribution < -0.4 is 10.5 Å². The summed E-state index contributed by atoms with van der Waals surface area (Å²) >= 11 is 4.86. The van der Waals surface area contributed by atoms with Crippen LogP contribution in [0.3, 0.4) is 0 Å². The van der Waals surface area contributed by atoms with Crippen LogP contribution >= 0.6 is 12.2 Å². The van der Waals surface area contributed by atoms with Gasteiger partial charge in [0, 0.05) is 18.3 Å². The molecule has 3 N–H and O–H groups in total. The number of benzene rings is 1. The molecule has 0 saturated carbocycles. The van der Waals surface area contributed by atoms with Crippen molar-refractivity contribution < 1.29 is 12.8 Å². The molecule has 1 aromatic heterocycles. The van der Waals surface area contributed by atoms with E-state index in [2.05, 4.69) is 9.71 Å². The minimum atomic E-state index is -3.83. The average molecular weight is 325 g/mol. The number of hydrogen-bond donors (Lipinski definition) is 2. The van der Waals surface area contributed by atoms with Crippen molar-refractivity contribution in [3.8, 4) is 0 Å². The van der Waals surface area contributed by atoms with Crippen LogP contribution in [0.25, 0.3) is 0 Å². The summed E-state index contributed by atoms with van der Waals surface area (Å²) in [5, 5.41) is 0. The van der Waals surface area contributed by atoms with E-state index in [1.807, 2.05) is 0 Å². The molecule has 1 aromatic carbocycles. The van der Waals surface area contributed by atoms with Crippen LogP contribution in [0, 0.1) is 5.82 Å². The summed E-state index contributed by atoms with van der Waals surface area (Å²) in [6, 6.07) is 7.78. The summed E-state index contributed by atoms with van der Waals surface area (Å²) in [7, 11) is -3.83. The molecular formula is C13H12FN3O2S2. The Balaban J connectivity index is 2.15. The number of rotatable bonds is 5. The first-order valence-electron chi connectivity index (χ1n) is 5.87. The molecular weight excluding hydrogens is 313 g/mol. The molecule has 8 heteroatoms. The van der Waals surface area contributed by atoms with Gasteiger partial charge in [0.1, 0.15) is 15.7 Å². The molecule has 0 aliphatic heterocycles. The third kappa shape index (κ3) is 4.03. The monoisotopic (exact) mass is 325 g/mol. The van der Waals surface area contributed by atoms with Crippen LogP contribution in [0.1, 0.15) is 11.1 Å². The largest absolute Gasteiger partial charge is 0.389 e. The van der Waals surface area contributed by atoms with E-state index in [0.717, 1.165) is 18.5 Å². The number of nitrogens with zero attached hydrogens (tertiary/aromatic N) is 1. The highest BCUT2D eigenvalue weighted by Gasteiger charge is 2.15. The smallest absolute Gasteiger partial charge is 0.242 e. The van der Waals surface area contributed by atoms with Gasteiger partial charge in [-0.25, -0.2) is 17.5 Å². The van der Waals surface area contributed by atoms with E-state index >= 15 is 0 Å². The highest BCUT2D eigenvalue weighted by Crippen LogP contribution is 2.10. The lowest BCUT2D eigenvalue weighted by Crippen LogP contribution is -2.23. The number of aromatic nitrogens is 1. The fourth-order valence-corrected chi connectivity index (χ4v) is 2.75. The number of nitrogens with one attached hydrogen (secondary N) is 1. The summed E-state index contributed by atoms with van der Waals surface area (Å²) in [6.45, 7) is 0.0370. The minimum Gasteiger partial charge on any atom is -0.389 e. The molecule has 110 valence electrons. The Morgan fingerprint density at radius 2 is 2.10 bits per heavy atom. The zero-order valence-corrected chi connectivity index (χ0v) is 12.4. The van der Waals surface area contributed by atoms with Crippen LogP contribution in [0.5, 0.6) is 0 Å². The summed E-state index contributed by atoms with van der Waals surface area (Å²) in [5.74, 6) is -0.714. The van der Waals surface area contributed by atoms with E-state index in [1.54, 1.807) is 24.3 Å². The van der Waals surface area contributed by atoms with Gasteiger partial charge < -0.3 is 5.73 Å². The maximum atomic E-state index is 13.0. The van der Waals surface area contributed by atoms with Gasteiger partial charge in [-0.3, -0.25) is 4.98 Å². The number of nitrogens with two attached hydrogens (primary N) is 1. The fourth-order valence-electron chi connectivity index (χ4n) is 1.64. The van der Waals surface area contributed by atoms with E-state index < -0.39 is 15.8 Å². The number of hydrogen-bond acceptors (Lipinski definition) is 4. The third-order valence-electron chi connectivity index (χ3n) is 2.67. The van der Waals surface area contributed by atoms with Crippen molar-refractivity contribution in [2.24, 2.45) is 5.73 Å². The van der Waals surface area contributed by atoms with Gasteiger partial charge in [-0.15, -0.1) is 0 Å². The first-order valence-corrected chi connectivity index (χ1v) is 7.76. The Morgan fingerprint density at radius 1 is 1.33 bits per heavy atom. The molecule has 0 unspecified atom stereocenters. The Morgan fingerprint density at radius 3 is 2.76 bits per heavy atom. The van der Waals surface area contributed by atoms with Crippen molar-refractivity contribution in [3.05, 3.63) is 59.7 Å². The van der Waals surface area contributed by atoms with Gasteiger partial charge in [-0.05, 0) is 17.7 Å². The van der Waals surface area contributed by atoms with Crippen molar-refractivity contribution in [2.45, 2.75) is 11.4 Å². The molecule has 0 aliphatic rings. The molecule has 0 amide bonds. The molecule has 2 aromatic rings. The number of pyridine rings is 1. The number of halogens is 1. The van der Waals surface area contributed by atoms with Gasteiger partial charge in [-0.2, -0.15) is 0 Å². The van der Waals surface area contributed by atoms with Crippen LogP contribution in [0.4, 0.5) is 4.39 Å². The highest BCUT2D eigenvalue weighted by atomic mass is 32.2. The number of sulfonamides is 1. The van der Waals surface area contributed by atoms with E-state index in [0.29, 0.717) is 11.1 Å².